The zero-order valence-corrected chi connectivity index (χ0v) is 17.0. The summed E-state index contributed by atoms with van der Waals surface area (Å²) in [6, 6.07) is 8.68. The van der Waals surface area contributed by atoms with Crippen LogP contribution in [0.5, 0.6) is 0 Å². The minimum Gasteiger partial charge on any atom is -0.381 e. The standard InChI is InChI=1S/C21H36N4O/c1-5-22-21(24(4)15-18-12-13-26-17-18)23-14-19-10-8-9-11-20(19)16-25(6-2)7-3/h8-11,18H,5-7,12-17H2,1-4H3,(H,22,23). The second-order valence-corrected chi connectivity index (χ2v) is 7.01. The maximum Gasteiger partial charge on any atom is 0.193 e. The van der Waals surface area contributed by atoms with Gasteiger partial charge in [-0.2, -0.15) is 0 Å². The van der Waals surface area contributed by atoms with Gasteiger partial charge in [0.1, 0.15) is 0 Å². The van der Waals surface area contributed by atoms with Gasteiger partial charge in [0.2, 0.25) is 0 Å². The molecule has 1 heterocycles. The normalized spacial score (nSPS) is 17.7. The van der Waals surface area contributed by atoms with Crippen LogP contribution in [0.4, 0.5) is 0 Å². The first kappa shape index (κ1) is 20.7. The zero-order chi connectivity index (χ0) is 18.8. The lowest BCUT2D eigenvalue weighted by Gasteiger charge is -2.25. The zero-order valence-electron chi connectivity index (χ0n) is 17.0. The highest BCUT2D eigenvalue weighted by Gasteiger charge is 2.19. The molecule has 1 saturated heterocycles. The van der Waals surface area contributed by atoms with Gasteiger partial charge in [0.05, 0.1) is 13.2 Å². The van der Waals surface area contributed by atoms with Crippen molar-refractivity contribution in [2.24, 2.45) is 10.9 Å². The molecule has 1 aromatic carbocycles. The quantitative estimate of drug-likeness (QED) is 0.543. The van der Waals surface area contributed by atoms with Crippen molar-refractivity contribution >= 4 is 5.96 Å². The van der Waals surface area contributed by atoms with Crippen LogP contribution in [0.2, 0.25) is 0 Å². The molecule has 1 aliphatic heterocycles. The first-order valence-electron chi connectivity index (χ1n) is 10.0. The summed E-state index contributed by atoms with van der Waals surface area (Å²) in [5.74, 6) is 1.59. The Morgan fingerprint density at radius 3 is 2.54 bits per heavy atom. The molecule has 1 fully saturated rings. The Labute approximate surface area is 159 Å². The minimum atomic E-state index is 0.610. The summed E-state index contributed by atoms with van der Waals surface area (Å²) in [5, 5.41) is 3.43. The summed E-state index contributed by atoms with van der Waals surface area (Å²) in [6.45, 7) is 14.0. The molecule has 1 aliphatic rings. The number of rotatable bonds is 9. The lowest BCUT2D eigenvalue weighted by atomic mass is 10.1. The predicted octanol–water partition coefficient (Wildman–Crippen LogP) is 2.96. The predicted molar refractivity (Wildman–Crippen MR) is 109 cm³/mol. The number of aliphatic imine (C=N–C) groups is 1. The van der Waals surface area contributed by atoms with Crippen LogP contribution in [0.3, 0.4) is 0 Å². The van der Waals surface area contributed by atoms with Crippen molar-refractivity contribution in [3.8, 4) is 0 Å². The van der Waals surface area contributed by atoms with Crippen molar-refractivity contribution in [2.45, 2.75) is 40.3 Å². The maximum absolute atomic E-state index is 5.51. The molecule has 5 nitrogen and oxygen atoms in total. The lowest BCUT2D eigenvalue weighted by molar-refractivity contribution is 0.181. The molecule has 0 radical (unpaired) electrons. The molecule has 0 spiro atoms. The van der Waals surface area contributed by atoms with E-state index in [0.717, 1.165) is 58.3 Å². The van der Waals surface area contributed by atoms with Crippen LogP contribution in [-0.4, -0.2) is 62.2 Å². The number of benzene rings is 1. The van der Waals surface area contributed by atoms with Crippen LogP contribution < -0.4 is 5.32 Å². The average Bonchev–Trinajstić information content (AvgIpc) is 3.16. The van der Waals surface area contributed by atoms with Crippen LogP contribution in [-0.2, 0) is 17.8 Å². The van der Waals surface area contributed by atoms with Crippen molar-refractivity contribution in [1.29, 1.82) is 0 Å². The molecular formula is C21H36N4O. The second kappa shape index (κ2) is 11.2. The van der Waals surface area contributed by atoms with Gasteiger partial charge in [-0.3, -0.25) is 4.90 Å². The van der Waals surface area contributed by atoms with Gasteiger partial charge in [-0.1, -0.05) is 38.1 Å². The van der Waals surface area contributed by atoms with E-state index in [0.29, 0.717) is 12.5 Å². The first-order valence-corrected chi connectivity index (χ1v) is 10.0. The van der Waals surface area contributed by atoms with Gasteiger partial charge < -0.3 is 15.0 Å². The van der Waals surface area contributed by atoms with E-state index in [1.807, 2.05) is 0 Å². The van der Waals surface area contributed by atoms with Crippen molar-refractivity contribution < 1.29 is 4.74 Å². The Hall–Kier alpha value is -1.59. The van der Waals surface area contributed by atoms with E-state index in [1.54, 1.807) is 0 Å². The summed E-state index contributed by atoms with van der Waals surface area (Å²) in [4.78, 5) is 9.61. The van der Waals surface area contributed by atoms with Crippen LogP contribution in [0, 0.1) is 5.92 Å². The molecule has 146 valence electrons. The Morgan fingerprint density at radius 2 is 1.92 bits per heavy atom. The third kappa shape index (κ3) is 6.29. The molecule has 0 aliphatic carbocycles. The Bertz CT molecular complexity index is 551. The maximum atomic E-state index is 5.51. The molecule has 5 heteroatoms. The third-order valence-electron chi connectivity index (χ3n) is 5.06. The smallest absolute Gasteiger partial charge is 0.193 e. The van der Waals surface area contributed by atoms with Crippen LogP contribution in [0.1, 0.15) is 38.3 Å². The largest absolute Gasteiger partial charge is 0.381 e. The first-order chi connectivity index (χ1) is 12.7. The summed E-state index contributed by atoms with van der Waals surface area (Å²) in [7, 11) is 2.13. The van der Waals surface area contributed by atoms with Gasteiger partial charge in [0, 0.05) is 39.2 Å². The van der Waals surface area contributed by atoms with E-state index in [9.17, 15) is 0 Å². The number of hydrogen-bond acceptors (Lipinski definition) is 3. The van der Waals surface area contributed by atoms with E-state index in [1.165, 1.54) is 11.1 Å². The molecule has 1 aromatic rings. The SMILES string of the molecule is CCNC(=NCc1ccccc1CN(CC)CC)N(C)CC1CCOC1. The molecule has 1 unspecified atom stereocenters. The highest BCUT2D eigenvalue weighted by Crippen LogP contribution is 2.15. The van der Waals surface area contributed by atoms with E-state index < -0.39 is 0 Å². The number of ether oxygens (including phenoxy) is 1. The summed E-state index contributed by atoms with van der Waals surface area (Å²) < 4.78 is 5.51. The topological polar surface area (TPSA) is 40.1 Å². The molecule has 1 N–H and O–H groups in total. The van der Waals surface area contributed by atoms with Crippen molar-refractivity contribution in [3.05, 3.63) is 35.4 Å². The summed E-state index contributed by atoms with van der Waals surface area (Å²) >= 11 is 0. The number of nitrogens with one attached hydrogen (secondary N) is 1. The molecule has 2 rings (SSSR count). The van der Waals surface area contributed by atoms with E-state index >= 15 is 0 Å². The lowest BCUT2D eigenvalue weighted by Crippen LogP contribution is -2.41. The van der Waals surface area contributed by atoms with Gasteiger partial charge in [0.15, 0.2) is 5.96 Å². The Balaban J connectivity index is 2.05. The second-order valence-electron chi connectivity index (χ2n) is 7.01. The molecule has 0 amide bonds. The van der Waals surface area contributed by atoms with Crippen molar-refractivity contribution in [3.63, 3.8) is 0 Å². The fourth-order valence-electron chi connectivity index (χ4n) is 3.38. The molecular weight excluding hydrogens is 324 g/mol. The van der Waals surface area contributed by atoms with Gasteiger partial charge in [-0.15, -0.1) is 0 Å². The Kier molecular flexibility index (Phi) is 8.92. The number of nitrogens with zero attached hydrogens (tertiary/aromatic N) is 3. The van der Waals surface area contributed by atoms with Gasteiger partial charge >= 0.3 is 0 Å². The van der Waals surface area contributed by atoms with Gasteiger partial charge in [-0.25, -0.2) is 4.99 Å². The van der Waals surface area contributed by atoms with E-state index in [4.69, 9.17) is 9.73 Å². The van der Waals surface area contributed by atoms with Crippen molar-refractivity contribution in [2.75, 3.05) is 46.4 Å². The Morgan fingerprint density at radius 1 is 1.19 bits per heavy atom. The monoisotopic (exact) mass is 360 g/mol. The summed E-state index contributed by atoms with van der Waals surface area (Å²) in [5.41, 5.74) is 2.69. The summed E-state index contributed by atoms with van der Waals surface area (Å²) in [6.07, 6.45) is 1.15. The van der Waals surface area contributed by atoms with Crippen LogP contribution in [0.15, 0.2) is 29.3 Å². The minimum absolute atomic E-state index is 0.610. The van der Waals surface area contributed by atoms with Crippen LogP contribution >= 0.6 is 0 Å². The molecule has 1 atom stereocenters. The number of hydrogen-bond donors (Lipinski definition) is 1. The molecule has 0 aromatic heterocycles. The number of guanidine groups is 1. The average molecular weight is 361 g/mol. The molecule has 0 saturated carbocycles. The molecule has 0 bridgehead atoms. The van der Waals surface area contributed by atoms with Crippen LogP contribution in [0.25, 0.3) is 0 Å². The third-order valence-corrected chi connectivity index (χ3v) is 5.06. The fourth-order valence-corrected chi connectivity index (χ4v) is 3.38. The van der Waals surface area contributed by atoms with E-state index in [2.05, 4.69) is 67.2 Å². The van der Waals surface area contributed by atoms with E-state index in [-0.39, 0.29) is 0 Å². The van der Waals surface area contributed by atoms with Gasteiger partial charge in [0.25, 0.3) is 0 Å². The molecule has 26 heavy (non-hydrogen) atoms. The highest BCUT2D eigenvalue weighted by atomic mass is 16.5. The van der Waals surface area contributed by atoms with Crippen molar-refractivity contribution in [1.82, 2.24) is 15.1 Å². The fraction of sp³-hybridized carbons (Fsp3) is 0.667. The highest BCUT2D eigenvalue weighted by molar-refractivity contribution is 5.79. The van der Waals surface area contributed by atoms with Gasteiger partial charge in [-0.05, 0) is 37.6 Å².